The maximum absolute atomic E-state index is 11.4. The second-order valence-electron chi connectivity index (χ2n) is 5.14. The van der Waals surface area contributed by atoms with Crippen molar-refractivity contribution in [1.29, 1.82) is 0 Å². The third kappa shape index (κ3) is 2.66. The van der Waals surface area contributed by atoms with Gasteiger partial charge in [-0.05, 0) is 35.7 Å². The molecule has 0 amide bonds. The highest BCUT2D eigenvalue weighted by Gasteiger charge is 2.12. The Labute approximate surface area is 137 Å². The predicted octanol–water partition coefficient (Wildman–Crippen LogP) is 4.89. The maximum atomic E-state index is 11.4. The number of methoxy groups -OCH3 is 1. The first-order valence-electron chi connectivity index (χ1n) is 6.92. The van der Waals surface area contributed by atoms with Crippen molar-refractivity contribution >= 4 is 32.9 Å². The van der Waals surface area contributed by atoms with Crippen LogP contribution in [-0.4, -0.2) is 13.1 Å². The Morgan fingerprint density at radius 2 is 2.09 bits per heavy atom. The zero-order valence-electron chi connectivity index (χ0n) is 12.4. The average Bonchev–Trinajstić information content (AvgIpc) is 2.92. The first-order valence-corrected chi connectivity index (χ1v) is 7.72. The van der Waals surface area contributed by atoms with Gasteiger partial charge >= 0.3 is 5.97 Å². The van der Waals surface area contributed by atoms with Crippen molar-refractivity contribution in [2.24, 2.45) is 0 Å². The van der Waals surface area contributed by atoms with E-state index in [1.54, 1.807) is 6.26 Å². The first-order chi connectivity index (χ1) is 10.6. The predicted molar refractivity (Wildman–Crippen MR) is 89.8 cm³/mol. The molecule has 0 saturated carbocycles. The summed E-state index contributed by atoms with van der Waals surface area (Å²) in [5, 5.41) is 0.946. The fraction of sp³-hybridized carbons (Fsp3) is 0.167. The SMILES string of the molecule is COC(=O)Cc1coc2cc(-c3cccc(Br)c3C)ccc12. The van der Waals surface area contributed by atoms with Crippen LogP contribution < -0.4 is 0 Å². The highest BCUT2D eigenvalue weighted by Crippen LogP contribution is 2.32. The van der Waals surface area contributed by atoms with Crippen LogP contribution in [0.2, 0.25) is 0 Å². The number of hydrogen-bond acceptors (Lipinski definition) is 3. The van der Waals surface area contributed by atoms with E-state index in [-0.39, 0.29) is 12.4 Å². The number of carbonyl (C=O) groups is 1. The number of benzene rings is 2. The Morgan fingerprint density at radius 1 is 1.27 bits per heavy atom. The quantitative estimate of drug-likeness (QED) is 0.626. The van der Waals surface area contributed by atoms with E-state index < -0.39 is 0 Å². The van der Waals surface area contributed by atoms with Crippen LogP contribution in [0.5, 0.6) is 0 Å². The van der Waals surface area contributed by atoms with Crippen LogP contribution in [0, 0.1) is 6.92 Å². The number of fused-ring (bicyclic) bond motifs is 1. The Morgan fingerprint density at radius 3 is 2.86 bits per heavy atom. The minimum absolute atomic E-state index is 0.221. The minimum atomic E-state index is -0.269. The summed E-state index contributed by atoms with van der Waals surface area (Å²) < 4.78 is 11.4. The molecule has 0 atom stereocenters. The Bertz CT molecular complexity index is 849. The van der Waals surface area contributed by atoms with Gasteiger partial charge < -0.3 is 9.15 Å². The van der Waals surface area contributed by atoms with E-state index in [0.717, 1.165) is 32.1 Å². The summed E-state index contributed by atoms with van der Waals surface area (Å²) in [6.07, 6.45) is 1.85. The van der Waals surface area contributed by atoms with Crippen LogP contribution in [0.3, 0.4) is 0 Å². The maximum Gasteiger partial charge on any atom is 0.310 e. The molecule has 0 spiro atoms. The minimum Gasteiger partial charge on any atom is -0.469 e. The number of furan rings is 1. The van der Waals surface area contributed by atoms with Gasteiger partial charge in [-0.25, -0.2) is 0 Å². The molecule has 0 aliphatic rings. The highest BCUT2D eigenvalue weighted by molar-refractivity contribution is 9.10. The van der Waals surface area contributed by atoms with Gasteiger partial charge in [0.25, 0.3) is 0 Å². The molecule has 3 aromatic rings. The summed E-state index contributed by atoms with van der Waals surface area (Å²) in [5.41, 5.74) is 5.05. The summed E-state index contributed by atoms with van der Waals surface area (Å²) in [7, 11) is 1.39. The van der Waals surface area contributed by atoms with Gasteiger partial charge in [0.1, 0.15) is 5.58 Å². The van der Waals surface area contributed by atoms with Crippen molar-refractivity contribution in [1.82, 2.24) is 0 Å². The molecule has 0 radical (unpaired) electrons. The Hall–Kier alpha value is -2.07. The van der Waals surface area contributed by atoms with Gasteiger partial charge in [-0.15, -0.1) is 0 Å². The van der Waals surface area contributed by atoms with E-state index in [1.807, 2.05) is 30.3 Å². The van der Waals surface area contributed by atoms with E-state index in [4.69, 9.17) is 9.15 Å². The lowest BCUT2D eigenvalue weighted by molar-refractivity contribution is -0.139. The molecule has 3 rings (SSSR count). The molecule has 0 aliphatic carbocycles. The molecule has 0 aliphatic heterocycles. The van der Waals surface area contributed by atoms with Gasteiger partial charge in [0.2, 0.25) is 0 Å². The molecule has 3 nitrogen and oxygen atoms in total. The molecule has 0 saturated heterocycles. The molecular formula is C18H15BrO3. The highest BCUT2D eigenvalue weighted by atomic mass is 79.9. The van der Waals surface area contributed by atoms with Crippen LogP contribution >= 0.6 is 15.9 Å². The van der Waals surface area contributed by atoms with Crippen molar-refractivity contribution in [3.63, 3.8) is 0 Å². The summed E-state index contributed by atoms with van der Waals surface area (Å²) in [4.78, 5) is 11.4. The first kappa shape index (κ1) is 14.9. The number of carbonyl (C=O) groups excluding carboxylic acids is 1. The number of halogens is 1. The van der Waals surface area contributed by atoms with E-state index in [2.05, 4.69) is 28.9 Å². The van der Waals surface area contributed by atoms with Crippen molar-refractivity contribution < 1.29 is 13.9 Å². The van der Waals surface area contributed by atoms with Crippen LogP contribution in [0.25, 0.3) is 22.1 Å². The van der Waals surface area contributed by atoms with Crippen LogP contribution in [0.4, 0.5) is 0 Å². The topological polar surface area (TPSA) is 39.4 Å². The molecule has 1 aromatic heterocycles. The standard InChI is InChI=1S/C18H15BrO3/c1-11-14(4-3-5-16(11)19)12-6-7-15-13(9-18(20)21-2)10-22-17(15)8-12/h3-8,10H,9H2,1-2H3. The van der Waals surface area contributed by atoms with E-state index >= 15 is 0 Å². The van der Waals surface area contributed by atoms with Crippen molar-refractivity contribution in [3.8, 4) is 11.1 Å². The molecule has 0 N–H and O–H groups in total. The van der Waals surface area contributed by atoms with Gasteiger partial charge in [-0.2, -0.15) is 0 Å². The van der Waals surface area contributed by atoms with Crippen molar-refractivity contribution in [2.75, 3.05) is 7.11 Å². The number of rotatable bonds is 3. The fourth-order valence-corrected chi connectivity index (χ4v) is 2.90. The van der Waals surface area contributed by atoms with Gasteiger partial charge in [-0.3, -0.25) is 4.79 Å². The molecule has 0 unspecified atom stereocenters. The smallest absolute Gasteiger partial charge is 0.310 e. The van der Waals surface area contributed by atoms with Crippen LogP contribution in [0.15, 0.2) is 51.6 Å². The van der Waals surface area contributed by atoms with Crippen LogP contribution in [0.1, 0.15) is 11.1 Å². The zero-order valence-corrected chi connectivity index (χ0v) is 13.9. The van der Waals surface area contributed by atoms with Crippen LogP contribution in [-0.2, 0) is 16.0 Å². The molecule has 2 aromatic carbocycles. The molecule has 4 heteroatoms. The number of hydrogen-bond donors (Lipinski definition) is 0. The Kier molecular flexibility index (Phi) is 4.03. The lowest BCUT2D eigenvalue weighted by atomic mass is 9.99. The van der Waals surface area contributed by atoms with Crippen molar-refractivity contribution in [3.05, 3.63) is 58.3 Å². The van der Waals surface area contributed by atoms with E-state index in [1.165, 1.54) is 12.7 Å². The summed E-state index contributed by atoms with van der Waals surface area (Å²) >= 11 is 3.56. The summed E-state index contributed by atoms with van der Waals surface area (Å²) in [6.45, 7) is 2.08. The van der Waals surface area contributed by atoms with Gasteiger partial charge in [-0.1, -0.05) is 40.2 Å². The summed E-state index contributed by atoms with van der Waals surface area (Å²) in [5.74, 6) is -0.269. The number of esters is 1. The van der Waals surface area contributed by atoms with Gasteiger partial charge in [0.15, 0.2) is 0 Å². The number of ether oxygens (including phenoxy) is 1. The lowest BCUT2D eigenvalue weighted by Gasteiger charge is -2.08. The zero-order chi connectivity index (χ0) is 15.7. The second kappa shape index (κ2) is 5.97. The van der Waals surface area contributed by atoms with Gasteiger partial charge in [0.05, 0.1) is 19.8 Å². The third-order valence-corrected chi connectivity index (χ3v) is 4.66. The molecule has 0 fully saturated rings. The largest absolute Gasteiger partial charge is 0.469 e. The molecule has 112 valence electrons. The fourth-order valence-electron chi connectivity index (χ4n) is 2.54. The van der Waals surface area contributed by atoms with Crippen molar-refractivity contribution in [2.45, 2.75) is 13.3 Å². The third-order valence-electron chi connectivity index (χ3n) is 3.80. The Balaban J connectivity index is 2.04. The summed E-state index contributed by atoms with van der Waals surface area (Å²) in [6, 6.07) is 12.2. The van der Waals surface area contributed by atoms with E-state index in [0.29, 0.717) is 0 Å². The van der Waals surface area contributed by atoms with E-state index in [9.17, 15) is 4.79 Å². The normalized spacial score (nSPS) is 10.9. The second-order valence-corrected chi connectivity index (χ2v) is 5.99. The molecule has 0 bridgehead atoms. The molecule has 1 heterocycles. The molecule has 22 heavy (non-hydrogen) atoms. The average molecular weight is 359 g/mol. The lowest BCUT2D eigenvalue weighted by Crippen LogP contribution is -2.03. The van der Waals surface area contributed by atoms with Gasteiger partial charge in [0, 0.05) is 15.4 Å². The molecular weight excluding hydrogens is 344 g/mol. The monoisotopic (exact) mass is 358 g/mol.